The number of ether oxygens (including phenoxy) is 3. The molecule has 14 nitrogen and oxygen atoms in total. The van der Waals surface area contributed by atoms with E-state index in [9.17, 15) is 33.9 Å². The van der Waals surface area contributed by atoms with Crippen molar-refractivity contribution < 1.29 is 47.7 Å². The third-order valence-corrected chi connectivity index (χ3v) is 13.1. The SMILES string of the molecule is C=CCOC(=O)C(O)N1C(=O)[C@H]([C@@H](C)O[Si](C)(C)C(C)(C)C)[C@H]1CC(=O)c1ccc2c(c1)n(C(=O)OCC=C)c(=O)n2C(=O)OCC=C. The Morgan fingerprint density at radius 1 is 0.917 bits per heavy atom. The minimum Gasteiger partial charge on any atom is -0.458 e. The Kier molecular flexibility index (Phi) is 11.9. The summed E-state index contributed by atoms with van der Waals surface area (Å²) in [5.74, 6) is -3.13. The monoisotopic (exact) mass is 685 g/mol. The molecule has 0 spiro atoms. The van der Waals surface area contributed by atoms with Crippen LogP contribution in [0.5, 0.6) is 0 Å². The number of aliphatic hydroxyl groups excluding tert-OH is 1. The number of imidazole rings is 1. The minimum absolute atomic E-state index is 0.00381. The molecule has 1 N–H and O–H groups in total. The topological polar surface area (TPSA) is 173 Å². The summed E-state index contributed by atoms with van der Waals surface area (Å²) in [6.07, 6.45) is -1.36. The smallest absolute Gasteiger partial charge is 0.423 e. The quantitative estimate of drug-likeness (QED) is 0.0761. The molecule has 0 saturated carbocycles. The number of nitrogens with zero attached hydrogens (tertiary/aromatic N) is 3. The van der Waals surface area contributed by atoms with Gasteiger partial charge in [0.05, 0.1) is 29.1 Å². The Labute approximate surface area is 279 Å². The Balaban J connectivity index is 2.05. The molecule has 1 aromatic heterocycles. The predicted molar refractivity (Wildman–Crippen MR) is 178 cm³/mol. The van der Waals surface area contributed by atoms with Crippen molar-refractivity contribution in [2.24, 2.45) is 5.92 Å². The van der Waals surface area contributed by atoms with Gasteiger partial charge in [0.1, 0.15) is 19.8 Å². The number of carbonyl (C=O) groups is 5. The highest BCUT2D eigenvalue weighted by Crippen LogP contribution is 2.42. The average Bonchev–Trinajstić information content (AvgIpc) is 3.30. The van der Waals surface area contributed by atoms with E-state index in [-0.39, 0.29) is 47.9 Å². The standard InChI is InChI=1S/C33H43N3O11Si/c1-10-15-44-29(40)28(39)34-24(26(27(34)38)20(4)47-48(8,9)33(5,6)7)19-25(37)21-13-14-22-23(18-21)36(32(43)46-17-12-3)30(41)35(22)31(42)45-16-11-2/h10-14,18,20,24,26,28,39H,1-3,15-17,19H2,4-9H3/t20-,24-,26-,28?/m1/s1. The Morgan fingerprint density at radius 3 is 1.96 bits per heavy atom. The van der Waals surface area contributed by atoms with Gasteiger partial charge in [0.2, 0.25) is 12.1 Å². The third kappa shape index (κ3) is 7.58. The number of fused-ring (bicyclic) bond motifs is 1. The molecule has 1 unspecified atom stereocenters. The van der Waals surface area contributed by atoms with Gasteiger partial charge >= 0.3 is 23.8 Å². The molecule has 3 rings (SSSR count). The van der Waals surface area contributed by atoms with Gasteiger partial charge in [0.15, 0.2) is 14.1 Å². The fraction of sp³-hybridized carbons (Fsp3) is 0.455. The first-order chi connectivity index (χ1) is 22.4. The molecule has 4 atom stereocenters. The van der Waals surface area contributed by atoms with E-state index in [0.29, 0.717) is 9.13 Å². The van der Waals surface area contributed by atoms with E-state index in [0.717, 1.165) is 4.90 Å². The van der Waals surface area contributed by atoms with Gasteiger partial charge in [-0.15, -0.1) is 0 Å². The molecule has 1 saturated heterocycles. The number of rotatable bonds is 14. The van der Waals surface area contributed by atoms with E-state index in [1.165, 1.54) is 36.4 Å². The molecule has 0 aliphatic carbocycles. The van der Waals surface area contributed by atoms with E-state index in [4.69, 9.17) is 18.6 Å². The first kappa shape index (κ1) is 37.9. The van der Waals surface area contributed by atoms with Crippen LogP contribution in [0.15, 0.2) is 61.0 Å². The second kappa shape index (κ2) is 15.1. The first-order valence-corrected chi connectivity index (χ1v) is 18.2. The molecule has 1 aliphatic rings. The van der Waals surface area contributed by atoms with Crippen LogP contribution in [0.4, 0.5) is 9.59 Å². The highest BCUT2D eigenvalue weighted by atomic mass is 28.4. The van der Waals surface area contributed by atoms with Gasteiger partial charge in [0.25, 0.3) is 0 Å². The largest absolute Gasteiger partial charge is 0.458 e. The highest BCUT2D eigenvalue weighted by molar-refractivity contribution is 6.74. The van der Waals surface area contributed by atoms with Crippen LogP contribution in [0.3, 0.4) is 0 Å². The normalized spacial score (nSPS) is 17.6. The maximum Gasteiger partial charge on any atom is 0.423 e. The molecule has 0 radical (unpaired) electrons. The third-order valence-electron chi connectivity index (χ3n) is 8.49. The zero-order chi connectivity index (χ0) is 36.1. The van der Waals surface area contributed by atoms with Crippen LogP contribution in [0.1, 0.15) is 44.5 Å². The van der Waals surface area contributed by atoms with Gasteiger partial charge in [-0.3, -0.25) is 9.59 Å². The number of aromatic nitrogens is 2. The number of amides is 1. The minimum atomic E-state index is -2.39. The zero-order valence-electron chi connectivity index (χ0n) is 28.1. The van der Waals surface area contributed by atoms with E-state index in [1.54, 1.807) is 6.92 Å². The van der Waals surface area contributed by atoms with Gasteiger partial charge in [0, 0.05) is 12.0 Å². The van der Waals surface area contributed by atoms with Gasteiger partial charge in [-0.25, -0.2) is 19.2 Å². The lowest BCUT2D eigenvalue weighted by atomic mass is 9.79. The molecule has 1 amide bonds. The van der Waals surface area contributed by atoms with E-state index in [1.807, 2.05) is 33.9 Å². The Bertz CT molecular complexity index is 1680. The van der Waals surface area contributed by atoms with Crippen LogP contribution in [0.2, 0.25) is 18.1 Å². The first-order valence-electron chi connectivity index (χ1n) is 15.3. The molecule has 48 heavy (non-hydrogen) atoms. The summed E-state index contributed by atoms with van der Waals surface area (Å²) in [5.41, 5.74) is -1.26. The van der Waals surface area contributed by atoms with Crippen molar-refractivity contribution >= 4 is 49.2 Å². The molecule has 1 aromatic carbocycles. The number of ketones is 1. The number of aliphatic hydroxyl groups is 1. The van der Waals surface area contributed by atoms with E-state index in [2.05, 4.69) is 19.7 Å². The Hall–Kier alpha value is -4.60. The molecule has 2 heterocycles. The summed E-state index contributed by atoms with van der Waals surface area (Å²) in [4.78, 5) is 79.6. The van der Waals surface area contributed by atoms with E-state index < -0.39 is 68.1 Å². The van der Waals surface area contributed by atoms with Gasteiger partial charge < -0.3 is 28.6 Å². The summed E-state index contributed by atoms with van der Waals surface area (Å²) >= 11 is 0. The lowest BCUT2D eigenvalue weighted by molar-refractivity contribution is -0.195. The number of likely N-dealkylation sites (tertiary alicyclic amines) is 1. The summed E-state index contributed by atoms with van der Waals surface area (Å²) < 4.78 is 22.7. The molecule has 15 heteroatoms. The van der Waals surface area contributed by atoms with Crippen molar-refractivity contribution in [1.29, 1.82) is 0 Å². The number of carbonyl (C=O) groups excluding carboxylic acids is 5. The van der Waals surface area contributed by atoms with Crippen LogP contribution in [0.25, 0.3) is 11.0 Å². The van der Waals surface area contributed by atoms with E-state index >= 15 is 0 Å². The summed E-state index contributed by atoms with van der Waals surface area (Å²) in [5, 5.41) is 10.6. The molecule has 260 valence electrons. The lowest BCUT2D eigenvalue weighted by Crippen LogP contribution is -2.70. The predicted octanol–water partition coefficient (Wildman–Crippen LogP) is 4.00. The van der Waals surface area contributed by atoms with Crippen molar-refractivity contribution in [3.8, 4) is 0 Å². The molecular formula is C33H43N3O11Si. The maximum atomic E-state index is 13.8. The Morgan fingerprint density at radius 2 is 1.44 bits per heavy atom. The second-order valence-corrected chi connectivity index (χ2v) is 17.5. The van der Waals surface area contributed by atoms with Crippen molar-refractivity contribution in [3.63, 3.8) is 0 Å². The number of hydrogen-bond acceptors (Lipinski definition) is 11. The van der Waals surface area contributed by atoms with Crippen molar-refractivity contribution in [2.75, 3.05) is 19.8 Å². The van der Waals surface area contributed by atoms with Crippen molar-refractivity contribution in [1.82, 2.24) is 14.0 Å². The number of hydrogen-bond donors (Lipinski definition) is 1. The van der Waals surface area contributed by atoms with Gasteiger partial charge in [-0.2, -0.15) is 9.13 Å². The molecule has 2 aromatic rings. The highest BCUT2D eigenvalue weighted by Gasteiger charge is 2.56. The van der Waals surface area contributed by atoms with Crippen molar-refractivity contribution in [3.05, 3.63) is 72.2 Å². The fourth-order valence-corrected chi connectivity index (χ4v) is 6.53. The van der Waals surface area contributed by atoms with Crippen LogP contribution in [-0.2, 0) is 28.2 Å². The molecule has 0 bridgehead atoms. The van der Waals surface area contributed by atoms with Gasteiger partial charge in [-0.1, -0.05) is 58.7 Å². The van der Waals surface area contributed by atoms with Crippen LogP contribution in [-0.4, -0.2) is 95.5 Å². The molecular weight excluding hydrogens is 642 g/mol. The van der Waals surface area contributed by atoms with Crippen LogP contribution in [0, 0.1) is 5.92 Å². The number of Topliss-reactive ketones (excluding diaryl/α,β-unsaturated/α-hetero) is 1. The fourth-order valence-electron chi connectivity index (χ4n) is 5.10. The number of benzene rings is 1. The molecule has 1 fully saturated rings. The number of esters is 1. The summed E-state index contributed by atoms with van der Waals surface area (Å²) in [6.45, 7) is 21.6. The zero-order valence-corrected chi connectivity index (χ0v) is 29.1. The molecule has 1 aliphatic heterocycles. The van der Waals surface area contributed by atoms with Crippen LogP contribution < -0.4 is 5.69 Å². The second-order valence-electron chi connectivity index (χ2n) is 12.7. The average molecular weight is 686 g/mol. The van der Waals surface area contributed by atoms with Crippen LogP contribution >= 0.6 is 0 Å². The summed E-state index contributed by atoms with van der Waals surface area (Å²) in [7, 11) is -2.39. The lowest BCUT2D eigenvalue weighted by Gasteiger charge is -2.52. The maximum absolute atomic E-state index is 13.8. The van der Waals surface area contributed by atoms with Crippen molar-refractivity contribution in [2.45, 2.75) is 70.6 Å². The summed E-state index contributed by atoms with van der Waals surface area (Å²) in [6, 6.07) is 2.88. The number of β-lactam (4-membered cyclic amide) rings is 1. The van der Waals surface area contributed by atoms with Gasteiger partial charge in [-0.05, 0) is 43.3 Å².